The van der Waals surface area contributed by atoms with E-state index in [0.29, 0.717) is 11.3 Å². The van der Waals surface area contributed by atoms with E-state index in [-0.39, 0.29) is 24.4 Å². The Labute approximate surface area is 137 Å². The standard InChI is InChI=1S/C17H17BrFNO2/c1-12(13-7-3-5-9-15(13)19)20(2)17(21)11-22-16-10-6-4-8-14(16)18/h3-10,12H,11H2,1-2H3. The molecule has 0 radical (unpaired) electrons. The zero-order valence-electron chi connectivity index (χ0n) is 12.4. The second-order valence-electron chi connectivity index (χ2n) is 4.92. The van der Waals surface area contributed by atoms with E-state index < -0.39 is 0 Å². The molecule has 0 N–H and O–H groups in total. The highest BCUT2D eigenvalue weighted by atomic mass is 79.9. The van der Waals surface area contributed by atoms with E-state index in [1.54, 1.807) is 38.2 Å². The average molecular weight is 366 g/mol. The molecule has 1 unspecified atom stereocenters. The summed E-state index contributed by atoms with van der Waals surface area (Å²) in [5.74, 6) is 0.0654. The molecule has 3 nitrogen and oxygen atoms in total. The minimum atomic E-state index is -0.364. The molecule has 0 bridgehead atoms. The fraction of sp³-hybridized carbons (Fsp3) is 0.235. The zero-order valence-corrected chi connectivity index (χ0v) is 14.0. The van der Waals surface area contributed by atoms with E-state index in [1.807, 2.05) is 18.2 Å². The van der Waals surface area contributed by atoms with Gasteiger partial charge >= 0.3 is 0 Å². The number of ether oxygens (including phenoxy) is 1. The number of rotatable bonds is 5. The number of carbonyl (C=O) groups is 1. The van der Waals surface area contributed by atoms with Crippen molar-refractivity contribution in [2.45, 2.75) is 13.0 Å². The van der Waals surface area contributed by atoms with Crippen LogP contribution in [0.5, 0.6) is 5.75 Å². The Balaban J connectivity index is 2.00. The molecule has 0 spiro atoms. The van der Waals surface area contributed by atoms with Gasteiger partial charge in [-0.3, -0.25) is 4.79 Å². The molecule has 2 aromatic carbocycles. The van der Waals surface area contributed by atoms with Gasteiger partial charge in [0.15, 0.2) is 6.61 Å². The summed E-state index contributed by atoms with van der Waals surface area (Å²) in [5.41, 5.74) is 0.485. The van der Waals surface area contributed by atoms with Gasteiger partial charge in [0.2, 0.25) is 0 Å². The Morgan fingerprint density at radius 3 is 2.55 bits per heavy atom. The van der Waals surface area contributed by atoms with Crippen LogP contribution in [0.25, 0.3) is 0 Å². The quantitative estimate of drug-likeness (QED) is 0.794. The van der Waals surface area contributed by atoms with Crippen molar-refractivity contribution in [2.24, 2.45) is 0 Å². The highest BCUT2D eigenvalue weighted by Crippen LogP contribution is 2.25. The molecule has 0 saturated heterocycles. The van der Waals surface area contributed by atoms with Crippen molar-refractivity contribution in [1.29, 1.82) is 0 Å². The second-order valence-corrected chi connectivity index (χ2v) is 5.78. The molecular formula is C17H17BrFNO2. The van der Waals surface area contributed by atoms with Gasteiger partial charge in [0, 0.05) is 12.6 Å². The first kappa shape index (κ1) is 16.5. The van der Waals surface area contributed by atoms with Crippen LogP contribution in [0.4, 0.5) is 4.39 Å². The van der Waals surface area contributed by atoms with Crippen molar-refractivity contribution in [3.8, 4) is 5.75 Å². The van der Waals surface area contributed by atoms with E-state index in [2.05, 4.69) is 15.9 Å². The summed E-state index contributed by atoms with van der Waals surface area (Å²) in [6, 6.07) is 13.4. The van der Waals surface area contributed by atoms with Crippen molar-refractivity contribution in [1.82, 2.24) is 4.90 Å². The fourth-order valence-corrected chi connectivity index (χ4v) is 2.44. The maximum Gasteiger partial charge on any atom is 0.260 e. The van der Waals surface area contributed by atoms with Gasteiger partial charge in [-0.15, -0.1) is 0 Å². The normalized spacial score (nSPS) is 11.8. The number of benzene rings is 2. The smallest absolute Gasteiger partial charge is 0.260 e. The number of halogens is 2. The number of amides is 1. The van der Waals surface area contributed by atoms with E-state index in [9.17, 15) is 9.18 Å². The summed E-state index contributed by atoms with van der Waals surface area (Å²) in [4.78, 5) is 13.7. The van der Waals surface area contributed by atoms with E-state index in [0.717, 1.165) is 4.47 Å². The third-order valence-electron chi connectivity index (χ3n) is 3.52. The lowest BCUT2D eigenvalue weighted by Gasteiger charge is -2.25. The third kappa shape index (κ3) is 3.85. The third-order valence-corrected chi connectivity index (χ3v) is 4.17. The van der Waals surface area contributed by atoms with Gasteiger partial charge < -0.3 is 9.64 Å². The molecule has 116 valence electrons. The highest BCUT2D eigenvalue weighted by Gasteiger charge is 2.20. The Bertz CT molecular complexity index is 663. The number of carbonyl (C=O) groups excluding carboxylic acids is 1. The van der Waals surface area contributed by atoms with Gasteiger partial charge in [-0.25, -0.2) is 4.39 Å². The van der Waals surface area contributed by atoms with Gasteiger partial charge in [-0.1, -0.05) is 30.3 Å². The molecule has 0 aromatic heterocycles. The SMILES string of the molecule is CC(c1ccccc1F)N(C)C(=O)COc1ccccc1Br. The molecular weight excluding hydrogens is 349 g/mol. The van der Waals surface area contributed by atoms with E-state index in [4.69, 9.17) is 4.74 Å². The lowest BCUT2D eigenvalue weighted by molar-refractivity contribution is -0.134. The lowest BCUT2D eigenvalue weighted by atomic mass is 10.1. The van der Waals surface area contributed by atoms with Crippen molar-refractivity contribution < 1.29 is 13.9 Å². The summed E-state index contributed by atoms with van der Waals surface area (Å²) >= 11 is 3.36. The molecule has 1 atom stereocenters. The molecule has 0 fully saturated rings. The Kier molecular flexibility index (Phi) is 5.55. The summed E-state index contributed by atoms with van der Waals surface area (Å²) < 4.78 is 20.1. The van der Waals surface area contributed by atoms with Crippen LogP contribution in [0.1, 0.15) is 18.5 Å². The highest BCUT2D eigenvalue weighted by molar-refractivity contribution is 9.10. The van der Waals surface area contributed by atoms with Crippen LogP contribution in [0.15, 0.2) is 53.0 Å². The molecule has 0 aliphatic carbocycles. The van der Waals surface area contributed by atoms with Crippen LogP contribution in [0, 0.1) is 5.82 Å². The lowest BCUT2D eigenvalue weighted by Crippen LogP contribution is -2.34. The van der Waals surface area contributed by atoms with Gasteiger partial charge in [-0.2, -0.15) is 0 Å². The summed E-state index contributed by atoms with van der Waals surface area (Å²) in [5, 5.41) is 0. The monoisotopic (exact) mass is 365 g/mol. The Hall–Kier alpha value is -1.88. The molecule has 0 heterocycles. The van der Waals surface area contributed by atoms with E-state index >= 15 is 0 Å². The number of nitrogens with zero attached hydrogens (tertiary/aromatic N) is 1. The molecule has 0 aliphatic heterocycles. The zero-order chi connectivity index (χ0) is 16.1. The molecule has 0 aliphatic rings. The minimum Gasteiger partial charge on any atom is -0.483 e. The van der Waals surface area contributed by atoms with Crippen molar-refractivity contribution >= 4 is 21.8 Å². The van der Waals surface area contributed by atoms with Gasteiger partial charge in [0.05, 0.1) is 10.5 Å². The Morgan fingerprint density at radius 2 is 1.86 bits per heavy atom. The first-order valence-corrected chi connectivity index (χ1v) is 7.67. The Morgan fingerprint density at radius 1 is 1.23 bits per heavy atom. The van der Waals surface area contributed by atoms with Gasteiger partial charge in [-0.05, 0) is 41.1 Å². The summed E-state index contributed by atoms with van der Waals surface area (Å²) in [7, 11) is 1.64. The summed E-state index contributed by atoms with van der Waals surface area (Å²) in [6.07, 6.45) is 0. The van der Waals surface area contributed by atoms with Crippen molar-refractivity contribution in [2.75, 3.05) is 13.7 Å². The van der Waals surface area contributed by atoms with Gasteiger partial charge in [0.25, 0.3) is 5.91 Å². The van der Waals surface area contributed by atoms with Crippen LogP contribution < -0.4 is 4.74 Å². The fourth-order valence-electron chi connectivity index (χ4n) is 2.04. The molecule has 1 amide bonds. The van der Waals surface area contributed by atoms with E-state index in [1.165, 1.54) is 11.0 Å². The minimum absolute atomic E-state index is 0.0993. The average Bonchev–Trinajstić information content (AvgIpc) is 2.53. The maximum absolute atomic E-state index is 13.8. The van der Waals surface area contributed by atoms with Crippen LogP contribution in [0.3, 0.4) is 0 Å². The molecule has 22 heavy (non-hydrogen) atoms. The van der Waals surface area contributed by atoms with Crippen LogP contribution in [-0.4, -0.2) is 24.5 Å². The largest absolute Gasteiger partial charge is 0.483 e. The van der Waals surface area contributed by atoms with Gasteiger partial charge in [0.1, 0.15) is 11.6 Å². The molecule has 2 aromatic rings. The van der Waals surface area contributed by atoms with Crippen LogP contribution >= 0.6 is 15.9 Å². The van der Waals surface area contributed by atoms with Crippen molar-refractivity contribution in [3.05, 3.63) is 64.4 Å². The first-order valence-electron chi connectivity index (χ1n) is 6.88. The molecule has 2 rings (SSSR count). The first-order chi connectivity index (χ1) is 10.5. The maximum atomic E-state index is 13.8. The topological polar surface area (TPSA) is 29.5 Å². The van der Waals surface area contributed by atoms with Crippen molar-refractivity contribution in [3.63, 3.8) is 0 Å². The predicted molar refractivity (Wildman–Crippen MR) is 87.2 cm³/mol. The van der Waals surface area contributed by atoms with Crippen LogP contribution in [0.2, 0.25) is 0 Å². The summed E-state index contributed by atoms with van der Waals surface area (Å²) in [6.45, 7) is 1.69. The number of hydrogen-bond donors (Lipinski definition) is 0. The molecule has 0 saturated carbocycles. The number of para-hydroxylation sites is 1. The number of hydrogen-bond acceptors (Lipinski definition) is 2. The second kappa shape index (κ2) is 7.40. The van der Waals surface area contributed by atoms with Crippen LogP contribution in [-0.2, 0) is 4.79 Å². The molecule has 5 heteroatoms. The number of likely N-dealkylation sites (N-methyl/N-ethyl adjacent to an activating group) is 1. The predicted octanol–water partition coefficient (Wildman–Crippen LogP) is 4.19.